The minimum absolute atomic E-state index is 0.0192. The zero-order chi connectivity index (χ0) is 20.6. The molecule has 0 heterocycles. The monoisotopic (exact) mass is 396 g/mol. The number of amides is 2. The predicted molar refractivity (Wildman–Crippen MR) is 111 cm³/mol. The van der Waals surface area contributed by atoms with E-state index in [1.54, 1.807) is 18.2 Å². The van der Waals surface area contributed by atoms with E-state index in [1.807, 2.05) is 42.2 Å². The van der Waals surface area contributed by atoms with Crippen LogP contribution in [-0.2, 0) is 22.7 Å². The SMILES string of the molecule is CCN(Cc1ccccc1)C(=O)C1CCC(C(=O)NCc2ccccc2F)CC1. The molecule has 0 aromatic heterocycles. The predicted octanol–water partition coefficient (Wildman–Crippen LogP) is 4.30. The first-order valence-corrected chi connectivity index (χ1v) is 10.4. The van der Waals surface area contributed by atoms with Crippen molar-refractivity contribution in [3.8, 4) is 0 Å². The fourth-order valence-electron chi connectivity index (χ4n) is 3.98. The van der Waals surface area contributed by atoms with Gasteiger partial charge in [-0.15, -0.1) is 0 Å². The maximum Gasteiger partial charge on any atom is 0.225 e. The van der Waals surface area contributed by atoms with E-state index in [9.17, 15) is 14.0 Å². The molecule has 3 rings (SSSR count). The van der Waals surface area contributed by atoms with Gasteiger partial charge in [0.05, 0.1) is 0 Å². The molecule has 1 saturated carbocycles. The van der Waals surface area contributed by atoms with Crippen LogP contribution >= 0.6 is 0 Å². The third-order valence-electron chi connectivity index (χ3n) is 5.77. The summed E-state index contributed by atoms with van der Waals surface area (Å²) in [6.07, 6.45) is 2.84. The summed E-state index contributed by atoms with van der Waals surface area (Å²) in [4.78, 5) is 27.3. The highest BCUT2D eigenvalue weighted by Crippen LogP contribution is 2.30. The number of benzene rings is 2. The Kier molecular flexibility index (Phi) is 7.39. The van der Waals surface area contributed by atoms with Gasteiger partial charge in [-0.05, 0) is 44.2 Å². The molecule has 1 N–H and O–H groups in total. The van der Waals surface area contributed by atoms with Crippen molar-refractivity contribution in [3.63, 3.8) is 0 Å². The summed E-state index contributed by atoms with van der Waals surface area (Å²) in [5.74, 6) is -0.290. The third kappa shape index (κ3) is 5.66. The Morgan fingerprint density at radius 1 is 0.966 bits per heavy atom. The van der Waals surface area contributed by atoms with Gasteiger partial charge in [0.15, 0.2) is 0 Å². The number of nitrogens with zero attached hydrogens (tertiary/aromatic N) is 1. The molecule has 0 bridgehead atoms. The lowest BCUT2D eigenvalue weighted by molar-refractivity contribution is -0.138. The molecule has 1 aliphatic rings. The third-order valence-corrected chi connectivity index (χ3v) is 5.77. The smallest absolute Gasteiger partial charge is 0.225 e. The lowest BCUT2D eigenvalue weighted by atomic mass is 9.81. The number of rotatable bonds is 7. The molecule has 2 aromatic carbocycles. The second kappa shape index (κ2) is 10.2. The highest BCUT2D eigenvalue weighted by Gasteiger charge is 2.31. The van der Waals surface area contributed by atoms with E-state index in [1.165, 1.54) is 6.07 Å². The molecule has 1 fully saturated rings. The van der Waals surface area contributed by atoms with Crippen LogP contribution in [0.25, 0.3) is 0 Å². The molecule has 5 heteroatoms. The first kappa shape index (κ1) is 21.0. The molecular formula is C24H29FN2O2. The summed E-state index contributed by atoms with van der Waals surface area (Å²) < 4.78 is 13.7. The number of halogens is 1. The van der Waals surface area contributed by atoms with E-state index >= 15 is 0 Å². The van der Waals surface area contributed by atoms with E-state index in [0.717, 1.165) is 18.4 Å². The Labute approximate surface area is 172 Å². The number of carbonyl (C=O) groups is 2. The Bertz CT molecular complexity index is 817. The molecular weight excluding hydrogens is 367 g/mol. The molecule has 29 heavy (non-hydrogen) atoms. The van der Waals surface area contributed by atoms with Crippen molar-refractivity contribution in [2.75, 3.05) is 6.54 Å². The second-order valence-corrected chi connectivity index (χ2v) is 7.70. The van der Waals surface area contributed by atoms with Crippen LogP contribution in [0, 0.1) is 17.7 Å². The van der Waals surface area contributed by atoms with E-state index < -0.39 is 0 Å². The minimum atomic E-state index is -0.305. The van der Waals surface area contributed by atoms with Crippen LogP contribution in [0.3, 0.4) is 0 Å². The zero-order valence-electron chi connectivity index (χ0n) is 16.9. The molecule has 1 aliphatic carbocycles. The van der Waals surface area contributed by atoms with Crippen molar-refractivity contribution < 1.29 is 14.0 Å². The number of nitrogens with one attached hydrogen (secondary N) is 1. The van der Waals surface area contributed by atoms with Gasteiger partial charge in [-0.25, -0.2) is 4.39 Å². The standard InChI is InChI=1S/C24H29FN2O2/c1-2-27(17-18-8-4-3-5-9-18)24(29)20-14-12-19(13-15-20)23(28)26-16-21-10-6-7-11-22(21)25/h3-11,19-20H,2,12-17H2,1H3,(H,26,28). The zero-order valence-corrected chi connectivity index (χ0v) is 16.9. The molecule has 0 spiro atoms. The van der Waals surface area contributed by atoms with Gasteiger partial charge in [-0.1, -0.05) is 48.5 Å². The van der Waals surface area contributed by atoms with Crippen molar-refractivity contribution >= 4 is 11.8 Å². The Hall–Kier alpha value is -2.69. The molecule has 2 aromatic rings. The lowest BCUT2D eigenvalue weighted by Crippen LogP contribution is -2.39. The van der Waals surface area contributed by atoms with Crippen LogP contribution in [0.2, 0.25) is 0 Å². The summed E-state index contributed by atoms with van der Waals surface area (Å²) in [7, 11) is 0. The largest absolute Gasteiger partial charge is 0.352 e. The molecule has 0 radical (unpaired) electrons. The van der Waals surface area contributed by atoms with Crippen LogP contribution in [0.4, 0.5) is 4.39 Å². The highest BCUT2D eigenvalue weighted by atomic mass is 19.1. The summed E-state index contributed by atoms with van der Waals surface area (Å²) in [5, 5.41) is 2.85. The quantitative estimate of drug-likeness (QED) is 0.759. The summed E-state index contributed by atoms with van der Waals surface area (Å²) in [6, 6.07) is 16.5. The van der Waals surface area contributed by atoms with Gasteiger partial charge >= 0.3 is 0 Å². The van der Waals surface area contributed by atoms with Gasteiger partial charge in [0.2, 0.25) is 11.8 Å². The lowest BCUT2D eigenvalue weighted by Gasteiger charge is -2.31. The summed E-state index contributed by atoms with van der Waals surface area (Å²) in [5.41, 5.74) is 1.62. The normalized spacial score (nSPS) is 18.8. The van der Waals surface area contributed by atoms with Crippen LogP contribution < -0.4 is 5.32 Å². The second-order valence-electron chi connectivity index (χ2n) is 7.70. The Morgan fingerprint density at radius 3 is 2.24 bits per heavy atom. The van der Waals surface area contributed by atoms with E-state index in [0.29, 0.717) is 31.5 Å². The van der Waals surface area contributed by atoms with Crippen molar-refractivity contribution in [2.24, 2.45) is 11.8 Å². The van der Waals surface area contributed by atoms with Gasteiger partial charge in [0, 0.05) is 37.0 Å². The fraction of sp³-hybridized carbons (Fsp3) is 0.417. The molecule has 2 amide bonds. The van der Waals surface area contributed by atoms with Crippen molar-refractivity contribution in [1.29, 1.82) is 0 Å². The Balaban J connectivity index is 1.48. The van der Waals surface area contributed by atoms with Gasteiger partial charge < -0.3 is 10.2 Å². The minimum Gasteiger partial charge on any atom is -0.352 e. The maximum absolute atomic E-state index is 13.7. The topological polar surface area (TPSA) is 49.4 Å². The molecule has 4 nitrogen and oxygen atoms in total. The maximum atomic E-state index is 13.7. The average Bonchev–Trinajstić information content (AvgIpc) is 2.77. The van der Waals surface area contributed by atoms with Gasteiger partial charge in [-0.2, -0.15) is 0 Å². The highest BCUT2D eigenvalue weighted by molar-refractivity contribution is 5.81. The first-order valence-electron chi connectivity index (χ1n) is 10.4. The van der Waals surface area contributed by atoms with E-state index in [4.69, 9.17) is 0 Å². The Morgan fingerprint density at radius 2 is 1.59 bits per heavy atom. The molecule has 0 atom stereocenters. The summed E-state index contributed by atoms with van der Waals surface area (Å²) >= 11 is 0. The van der Waals surface area contributed by atoms with Crippen molar-refractivity contribution in [3.05, 3.63) is 71.5 Å². The van der Waals surface area contributed by atoms with Gasteiger partial charge in [0.25, 0.3) is 0 Å². The summed E-state index contributed by atoms with van der Waals surface area (Å²) in [6.45, 7) is 3.50. The van der Waals surface area contributed by atoms with Crippen LogP contribution in [0.5, 0.6) is 0 Å². The molecule has 0 aliphatic heterocycles. The average molecular weight is 397 g/mol. The van der Waals surface area contributed by atoms with Crippen LogP contribution in [0.1, 0.15) is 43.7 Å². The molecule has 0 unspecified atom stereocenters. The van der Waals surface area contributed by atoms with Gasteiger partial charge in [0.1, 0.15) is 5.82 Å². The van der Waals surface area contributed by atoms with Gasteiger partial charge in [-0.3, -0.25) is 9.59 Å². The number of hydrogen-bond donors (Lipinski definition) is 1. The number of hydrogen-bond acceptors (Lipinski definition) is 2. The number of carbonyl (C=O) groups excluding carboxylic acids is 2. The van der Waals surface area contributed by atoms with E-state index in [2.05, 4.69) is 5.32 Å². The molecule has 0 saturated heterocycles. The first-order chi connectivity index (χ1) is 14.1. The fourth-order valence-corrected chi connectivity index (χ4v) is 3.98. The molecule has 154 valence electrons. The van der Waals surface area contributed by atoms with Crippen molar-refractivity contribution in [2.45, 2.75) is 45.7 Å². The van der Waals surface area contributed by atoms with Crippen molar-refractivity contribution in [1.82, 2.24) is 10.2 Å². The van der Waals surface area contributed by atoms with Crippen LogP contribution in [0.15, 0.2) is 54.6 Å². The van der Waals surface area contributed by atoms with E-state index in [-0.39, 0.29) is 36.0 Å². The van der Waals surface area contributed by atoms with Crippen LogP contribution in [-0.4, -0.2) is 23.3 Å².